The summed E-state index contributed by atoms with van der Waals surface area (Å²) in [5, 5.41) is 4.11. The van der Waals surface area contributed by atoms with Gasteiger partial charge in [0.2, 0.25) is 0 Å². The van der Waals surface area contributed by atoms with E-state index in [0.717, 1.165) is 0 Å². The second-order valence-electron chi connectivity index (χ2n) is 4.94. The molecule has 0 spiro atoms. The van der Waals surface area contributed by atoms with Crippen molar-refractivity contribution in [2.45, 2.75) is 0 Å². The van der Waals surface area contributed by atoms with Gasteiger partial charge in [0.25, 0.3) is 11.8 Å². The number of hydrogen-bond acceptors (Lipinski definition) is 4. The van der Waals surface area contributed by atoms with Gasteiger partial charge in [0.05, 0.1) is 6.26 Å². The van der Waals surface area contributed by atoms with Crippen molar-refractivity contribution in [1.29, 1.82) is 0 Å². The van der Waals surface area contributed by atoms with E-state index in [0.29, 0.717) is 37.6 Å². The maximum atomic E-state index is 12.2. The maximum Gasteiger partial charge on any atom is 0.289 e. The molecule has 1 aliphatic rings. The molecule has 7 nitrogen and oxygen atoms in total. The first-order valence-electron chi connectivity index (χ1n) is 6.77. The van der Waals surface area contributed by atoms with Crippen molar-refractivity contribution in [2.75, 3.05) is 26.2 Å². The number of aromatic nitrogens is 2. The monoisotopic (exact) mass is 288 g/mol. The minimum atomic E-state index is -0.134. The van der Waals surface area contributed by atoms with Gasteiger partial charge < -0.3 is 14.2 Å². The van der Waals surface area contributed by atoms with Crippen LogP contribution < -0.4 is 0 Å². The first-order valence-corrected chi connectivity index (χ1v) is 6.77. The van der Waals surface area contributed by atoms with Crippen molar-refractivity contribution in [1.82, 2.24) is 19.6 Å². The number of furan rings is 1. The van der Waals surface area contributed by atoms with Gasteiger partial charge in [0.15, 0.2) is 5.76 Å². The minimum absolute atomic E-state index is 0.0966. The molecule has 1 fully saturated rings. The van der Waals surface area contributed by atoms with E-state index in [1.54, 1.807) is 45.9 Å². The highest BCUT2D eigenvalue weighted by atomic mass is 16.3. The van der Waals surface area contributed by atoms with Gasteiger partial charge in [-0.1, -0.05) is 0 Å². The lowest BCUT2D eigenvalue weighted by Crippen LogP contribution is -2.50. The summed E-state index contributed by atoms with van der Waals surface area (Å²) in [5.74, 6) is 0.102. The fraction of sp³-hybridized carbons (Fsp3) is 0.357. The molecule has 110 valence electrons. The summed E-state index contributed by atoms with van der Waals surface area (Å²) in [6, 6.07) is 5.03. The number of nitrogens with zero attached hydrogens (tertiary/aromatic N) is 4. The Balaban J connectivity index is 1.60. The van der Waals surface area contributed by atoms with E-state index in [9.17, 15) is 9.59 Å². The molecule has 3 heterocycles. The lowest BCUT2D eigenvalue weighted by atomic mass is 10.2. The third-order valence-corrected chi connectivity index (χ3v) is 3.52. The Morgan fingerprint density at radius 2 is 1.76 bits per heavy atom. The molecule has 1 aliphatic heterocycles. The Morgan fingerprint density at radius 1 is 1.10 bits per heavy atom. The summed E-state index contributed by atoms with van der Waals surface area (Å²) < 4.78 is 6.71. The van der Waals surface area contributed by atoms with Crippen LogP contribution in [0.1, 0.15) is 21.0 Å². The Labute approximate surface area is 121 Å². The van der Waals surface area contributed by atoms with Crippen molar-refractivity contribution in [2.24, 2.45) is 7.05 Å². The molecule has 2 aromatic heterocycles. The molecule has 0 atom stereocenters. The van der Waals surface area contributed by atoms with Crippen molar-refractivity contribution in [3.05, 3.63) is 42.1 Å². The predicted molar refractivity (Wildman–Crippen MR) is 73.7 cm³/mol. The number of carbonyl (C=O) groups excluding carboxylic acids is 2. The van der Waals surface area contributed by atoms with Gasteiger partial charge >= 0.3 is 0 Å². The number of amides is 2. The molecular formula is C14H16N4O3. The summed E-state index contributed by atoms with van der Waals surface area (Å²) in [4.78, 5) is 27.8. The van der Waals surface area contributed by atoms with E-state index in [2.05, 4.69) is 5.10 Å². The first kappa shape index (κ1) is 13.4. The third-order valence-electron chi connectivity index (χ3n) is 3.52. The van der Waals surface area contributed by atoms with Crippen LogP contribution in [0.5, 0.6) is 0 Å². The van der Waals surface area contributed by atoms with Crippen LogP contribution in [0, 0.1) is 0 Å². The Bertz CT molecular complexity index is 639. The van der Waals surface area contributed by atoms with E-state index < -0.39 is 0 Å². The molecule has 7 heteroatoms. The average molecular weight is 288 g/mol. The van der Waals surface area contributed by atoms with Crippen LogP contribution in [-0.4, -0.2) is 57.6 Å². The van der Waals surface area contributed by atoms with E-state index in [1.165, 1.54) is 6.26 Å². The first-order chi connectivity index (χ1) is 10.1. The molecule has 2 aromatic rings. The van der Waals surface area contributed by atoms with Gasteiger partial charge in [-0.25, -0.2) is 0 Å². The summed E-state index contributed by atoms with van der Waals surface area (Å²) in [6.45, 7) is 2.00. The van der Waals surface area contributed by atoms with Crippen LogP contribution >= 0.6 is 0 Å². The Kier molecular flexibility index (Phi) is 3.47. The van der Waals surface area contributed by atoms with Gasteiger partial charge in [-0.2, -0.15) is 5.10 Å². The van der Waals surface area contributed by atoms with Crippen molar-refractivity contribution >= 4 is 11.8 Å². The molecule has 0 saturated carbocycles. The van der Waals surface area contributed by atoms with E-state index in [4.69, 9.17) is 4.42 Å². The zero-order valence-corrected chi connectivity index (χ0v) is 11.7. The van der Waals surface area contributed by atoms with Crippen LogP contribution in [0.4, 0.5) is 0 Å². The number of aryl methyl sites for hydroxylation is 1. The normalized spacial score (nSPS) is 15.3. The molecule has 0 radical (unpaired) electrons. The van der Waals surface area contributed by atoms with Gasteiger partial charge in [-0.3, -0.25) is 14.3 Å². The van der Waals surface area contributed by atoms with Gasteiger partial charge in [-0.15, -0.1) is 0 Å². The predicted octanol–water partition coefficient (Wildman–Crippen LogP) is 0.611. The Hall–Kier alpha value is -2.57. The molecule has 3 rings (SSSR count). The standard InChI is InChI=1S/C14H16N4O3/c1-16-5-4-11(15-16)13(19)17-6-8-18(9-7-17)14(20)12-3-2-10-21-12/h2-5,10H,6-9H2,1H3. The highest BCUT2D eigenvalue weighted by Gasteiger charge is 2.27. The number of carbonyl (C=O) groups is 2. The summed E-state index contributed by atoms with van der Waals surface area (Å²) in [6.07, 6.45) is 3.22. The van der Waals surface area contributed by atoms with Crippen LogP contribution in [0.2, 0.25) is 0 Å². The average Bonchev–Trinajstić information content (AvgIpc) is 3.17. The number of rotatable bonds is 2. The second kappa shape index (κ2) is 5.43. The fourth-order valence-electron chi connectivity index (χ4n) is 2.36. The minimum Gasteiger partial charge on any atom is -0.459 e. The van der Waals surface area contributed by atoms with Gasteiger partial charge in [0, 0.05) is 39.4 Å². The Morgan fingerprint density at radius 3 is 2.29 bits per heavy atom. The second-order valence-corrected chi connectivity index (χ2v) is 4.94. The summed E-state index contributed by atoms with van der Waals surface area (Å²) >= 11 is 0. The van der Waals surface area contributed by atoms with Crippen LogP contribution in [0.3, 0.4) is 0 Å². The van der Waals surface area contributed by atoms with Gasteiger partial charge in [-0.05, 0) is 18.2 Å². The molecular weight excluding hydrogens is 272 g/mol. The van der Waals surface area contributed by atoms with E-state index in [1.807, 2.05) is 0 Å². The molecule has 0 aliphatic carbocycles. The summed E-state index contributed by atoms with van der Waals surface area (Å²) in [5.41, 5.74) is 0.434. The molecule has 21 heavy (non-hydrogen) atoms. The largest absolute Gasteiger partial charge is 0.459 e. The van der Waals surface area contributed by atoms with Crippen molar-refractivity contribution in [3.8, 4) is 0 Å². The maximum absolute atomic E-state index is 12.2. The third kappa shape index (κ3) is 2.67. The van der Waals surface area contributed by atoms with E-state index in [-0.39, 0.29) is 11.8 Å². The smallest absolute Gasteiger partial charge is 0.289 e. The topological polar surface area (TPSA) is 71.6 Å². The lowest BCUT2D eigenvalue weighted by molar-refractivity contribution is 0.0515. The van der Waals surface area contributed by atoms with Gasteiger partial charge in [0.1, 0.15) is 5.69 Å². The quantitative estimate of drug-likeness (QED) is 0.812. The molecule has 0 bridgehead atoms. The van der Waals surface area contributed by atoms with Crippen molar-refractivity contribution < 1.29 is 14.0 Å². The molecule has 0 unspecified atom stereocenters. The van der Waals surface area contributed by atoms with E-state index >= 15 is 0 Å². The molecule has 0 aromatic carbocycles. The number of hydrogen-bond donors (Lipinski definition) is 0. The molecule has 2 amide bonds. The van der Waals surface area contributed by atoms with Crippen molar-refractivity contribution in [3.63, 3.8) is 0 Å². The molecule has 0 N–H and O–H groups in total. The lowest BCUT2D eigenvalue weighted by Gasteiger charge is -2.33. The highest BCUT2D eigenvalue weighted by molar-refractivity contribution is 5.93. The van der Waals surface area contributed by atoms with Crippen LogP contribution in [0.15, 0.2) is 35.1 Å². The fourth-order valence-corrected chi connectivity index (χ4v) is 2.36. The SMILES string of the molecule is Cn1ccc(C(=O)N2CCN(C(=O)c3ccco3)CC2)n1. The number of piperazine rings is 1. The summed E-state index contributed by atoms with van der Waals surface area (Å²) in [7, 11) is 1.77. The molecule has 1 saturated heterocycles. The zero-order valence-electron chi connectivity index (χ0n) is 11.7. The van der Waals surface area contributed by atoms with Crippen LogP contribution in [0.25, 0.3) is 0 Å². The van der Waals surface area contributed by atoms with Crippen LogP contribution in [-0.2, 0) is 7.05 Å². The highest BCUT2D eigenvalue weighted by Crippen LogP contribution is 2.11. The zero-order chi connectivity index (χ0) is 14.8.